The van der Waals surface area contributed by atoms with Crippen LogP contribution in [0.4, 0.5) is 0 Å². The lowest BCUT2D eigenvalue weighted by Gasteiger charge is -2.22. The normalized spacial score (nSPS) is 11.0. The van der Waals surface area contributed by atoms with Crippen molar-refractivity contribution in [3.05, 3.63) is 83.4 Å². The van der Waals surface area contributed by atoms with Gasteiger partial charge in [0.05, 0.1) is 13.2 Å². The van der Waals surface area contributed by atoms with Gasteiger partial charge in [0.15, 0.2) is 0 Å². The van der Waals surface area contributed by atoms with Crippen LogP contribution < -0.4 is 0 Å². The predicted molar refractivity (Wildman–Crippen MR) is 123 cm³/mol. The van der Waals surface area contributed by atoms with Crippen molar-refractivity contribution in [2.24, 2.45) is 0 Å². The van der Waals surface area contributed by atoms with E-state index in [1.165, 1.54) is 27.5 Å². The molecule has 0 heterocycles. The molecule has 3 aromatic carbocycles. The molecule has 3 aromatic rings. The quantitative estimate of drug-likeness (QED) is 0.302. The Kier molecular flexibility index (Phi) is 9.80. The van der Waals surface area contributed by atoms with E-state index in [2.05, 4.69) is 78.6 Å². The van der Waals surface area contributed by atoms with Crippen LogP contribution in [0.25, 0.3) is 10.8 Å². The minimum Gasteiger partial charge on any atom is -0.380 e. The highest BCUT2D eigenvalue weighted by Crippen LogP contribution is 2.20. The van der Waals surface area contributed by atoms with Crippen molar-refractivity contribution >= 4 is 34.8 Å². The average Bonchev–Trinajstić information content (AvgIpc) is 2.69. The van der Waals surface area contributed by atoms with E-state index in [0.717, 1.165) is 39.3 Å². The Morgan fingerprint density at radius 1 is 0.821 bits per heavy atom. The van der Waals surface area contributed by atoms with Crippen LogP contribution in [0.2, 0.25) is 0 Å². The van der Waals surface area contributed by atoms with Crippen molar-refractivity contribution in [1.82, 2.24) is 4.90 Å². The first kappa shape index (κ1) is 22.7. The molecular weight excluding hydrogens is 389 g/mol. The molecule has 0 unspecified atom stereocenters. The molecule has 0 saturated heterocycles. The summed E-state index contributed by atoms with van der Waals surface area (Å²) in [6, 6.07) is 23.6. The van der Waals surface area contributed by atoms with Crippen molar-refractivity contribution in [1.29, 1.82) is 0 Å². The summed E-state index contributed by atoms with van der Waals surface area (Å²) >= 11 is 6.04. The van der Waals surface area contributed by atoms with Crippen LogP contribution in [-0.4, -0.2) is 37.1 Å². The van der Waals surface area contributed by atoms with E-state index in [9.17, 15) is 0 Å². The van der Waals surface area contributed by atoms with Gasteiger partial charge in [-0.15, -0.1) is 24.0 Å². The molecule has 0 fully saturated rings. The van der Waals surface area contributed by atoms with Gasteiger partial charge in [0.1, 0.15) is 0 Å². The summed E-state index contributed by atoms with van der Waals surface area (Å²) in [5.74, 6) is 0.633. The number of rotatable bonds is 10. The highest BCUT2D eigenvalue weighted by molar-refractivity contribution is 6.18. The van der Waals surface area contributed by atoms with E-state index in [0.29, 0.717) is 5.88 Å². The molecule has 0 atom stereocenters. The molecule has 0 radical (unpaired) electrons. The van der Waals surface area contributed by atoms with E-state index < -0.39 is 0 Å². The van der Waals surface area contributed by atoms with E-state index in [1.54, 1.807) is 0 Å². The lowest BCUT2D eigenvalue weighted by molar-refractivity contribution is 0.106. The van der Waals surface area contributed by atoms with Gasteiger partial charge < -0.3 is 4.74 Å². The molecule has 0 aliphatic carbocycles. The van der Waals surface area contributed by atoms with Gasteiger partial charge in [-0.2, -0.15) is 0 Å². The number of alkyl halides is 1. The molecule has 0 saturated carbocycles. The summed E-state index contributed by atoms with van der Waals surface area (Å²) < 4.78 is 5.91. The van der Waals surface area contributed by atoms with Crippen molar-refractivity contribution in [3.8, 4) is 0 Å². The predicted octanol–water partition coefficient (Wildman–Crippen LogP) is 5.87. The first-order chi connectivity index (χ1) is 13.3. The van der Waals surface area contributed by atoms with E-state index in [-0.39, 0.29) is 12.4 Å². The molecule has 3 rings (SSSR count). The maximum atomic E-state index is 6.04. The zero-order chi connectivity index (χ0) is 18.9. The largest absolute Gasteiger partial charge is 0.380 e. The third kappa shape index (κ3) is 6.49. The summed E-state index contributed by atoms with van der Waals surface area (Å²) in [5, 5.41) is 2.61. The molecule has 0 N–H and O–H groups in total. The zero-order valence-corrected chi connectivity index (χ0v) is 18.0. The van der Waals surface area contributed by atoms with Crippen LogP contribution >= 0.6 is 24.0 Å². The molecular formula is C24H29Cl2NO. The Morgan fingerprint density at radius 2 is 1.54 bits per heavy atom. The number of benzene rings is 3. The average molecular weight is 418 g/mol. The molecule has 0 bridgehead atoms. The van der Waals surface area contributed by atoms with Gasteiger partial charge in [-0.3, -0.25) is 4.90 Å². The Morgan fingerprint density at radius 3 is 2.36 bits per heavy atom. The van der Waals surface area contributed by atoms with Gasteiger partial charge in [-0.1, -0.05) is 66.7 Å². The number of nitrogens with zero attached hydrogens (tertiary/aromatic N) is 1. The molecule has 0 aliphatic rings. The van der Waals surface area contributed by atoms with Gasteiger partial charge in [0, 0.05) is 25.5 Å². The second-order valence-corrected chi connectivity index (χ2v) is 7.27. The standard InChI is InChI=1S/C24H28ClNO.ClH/c1-20-7-2-3-8-21(20)13-17-27-18-16-26(15-14-25)19-23-11-6-10-22-9-4-5-12-24(22)23;/h2-12H,13-19H2,1H3;1H. The van der Waals surface area contributed by atoms with Gasteiger partial charge in [0.25, 0.3) is 0 Å². The molecule has 0 aromatic heterocycles. The topological polar surface area (TPSA) is 12.5 Å². The fraction of sp³-hybridized carbons (Fsp3) is 0.333. The SMILES string of the molecule is Cc1ccccc1CCOCCN(CCCl)Cc1cccc2ccccc12.Cl. The summed E-state index contributed by atoms with van der Waals surface area (Å²) in [5.41, 5.74) is 4.05. The van der Waals surface area contributed by atoms with Crippen LogP contribution in [0, 0.1) is 6.92 Å². The molecule has 0 aliphatic heterocycles. The number of fused-ring (bicyclic) bond motifs is 1. The third-order valence-corrected chi connectivity index (χ3v) is 5.17. The lowest BCUT2D eigenvalue weighted by atomic mass is 10.0. The van der Waals surface area contributed by atoms with Crippen LogP contribution in [-0.2, 0) is 17.7 Å². The van der Waals surface area contributed by atoms with Gasteiger partial charge >= 0.3 is 0 Å². The van der Waals surface area contributed by atoms with Crippen LogP contribution in [0.1, 0.15) is 16.7 Å². The van der Waals surface area contributed by atoms with Gasteiger partial charge in [-0.25, -0.2) is 0 Å². The molecule has 0 amide bonds. The summed E-state index contributed by atoms with van der Waals surface area (Å²) in [7, 11) is 0. The minimum absolute atomic E-state index is 0. The van der Waals surface area contributed by atoms with Gasteiger partial charge in [0.2, 0.25) is 0 Å². The highest BCUT2D eigenvalue weighted by Gasteiger charge is 2.08. The molecule has 2 nitrogen and oxygen atoms in total. The summed E-state index contributed by atoms with van der Waals surface area (Å²) in [4.78, 5) is 2.38. The second-order valence-electron chi connectivity index (χ2n) is 6.89. The Balaban J connectivity index is 0.00000280. The van der Waals surface area contributed by atoms with Crippen molar-refractivity contribution in [2.45, 2.75) is 19.9 Å². The van der Waals surface area contributed by atoms with Crippen LogP contribution in [0.15, 0.2) is 66.7 Å². The molecule has 0 spiro atoms. The third-order valence-electron chi connectivity index (χ3n) is 5.00. The Hall–Kier alpha value is -1.58. The number of halogens is 2. The molecule has 28 heavy (non-hydrogen) atoms. The first-order valence-corrected chi connectivity index (χ1v) is 10.2. The number of hydrogen-bond acceptors (Lipinski definition) is 2. The van der Waals surface area contributed by atoms with E-state index >= 15 is 0 Å². The smallest absolute Gasteiger partial charge is 0.0593 e. The number of aryl methyl sites for hydroxylation is 1. The van der Waals surface area contributed by atoms with E-state index in [1.807, 2.05) is 0 Å². The molecule has 4 heteroatoms. The zero-order valence-electron chi connectivity index (χ0n) is 16.4. The van der Waals surface area contributed by atoms with Crippen LogP contribution in [0.5, 0.6) is 0 Å². The number of hydrogen-bond donors (Lipinski definition) is 0. The monoisotopic (exact) mass is 417 g/mol. The maximum absolute atomic E-state index is 6.04. The fourth-order valence-electron chi connectivity index (χ4n) is 3.43. The van der Waals surface area contributed by atoms with Gasteiger partial charge in [-0.05, 0) is 40.8 Å². The van der Waals surface area contributed by atoms with Crippen molar-refractivity contribution < 1.29 is 4.74 Å². The van der Waals surface area contributed by atoms with Crippen molar-refractivity contribution in [3.63, 3.8) is 0 Å². The lowest BCUT2D eigenvalue weighted by Crippen LogP contribution is -2.29. The highest BCUT2D eigenvalue weighted by atomic mass is 35.5. The van der Waals surface area contributed by atoms with Crippen LogP contribution in [0.3, 0.4) is 0 Å². The molecule has 150 valence electrons. The first-order valence-electron chi connectivity index (χ1n) is 9.65. The summed E-state index contributed by atoms with van der Waals surface area (Å²) in [6.07, 6.45) is 0.964. The Bertz CT molecular complexity index is 847. The minimum atomic E-state index is 0. The fourth-order valence-corrected chi connectivity index (χ4v) is 3.67. The maximum Gasteiger partial charge on any atom is 0.0593 e. The van der Waals surface area contributed by atoms with Crippen molar-refractivity contribution in [2.75, 3.05) is 32.2 Å². The summed E-state index contributed by atoms with van der Waals surface area (Å²) in [6.45, 7) is 6.30. The number of ether oxygens (including phenoxy) is 1. The Labute approximate surface area is 179 Å². The second kappa shape index (κ2) is 12.1. The van der Waals surface area contributed by atoms with E-state index in [4.69, 9.17) is 16.3 Å².